The average Bonchev–Trinajstić information content (AvgIpc) is 2.35. The quantitative estimate of drug-likeness (QED) is 0.845. The van der Waals surface area contributed by atoms with Gasteiger partial charge in [0.15, 0.2) is 0 Å². The fraction of sp³-hybridized carbons (Fsp3) is 0.200. The van der Waals surface area contributed by atoms with Gasteiger partial charge in [-0.1, -0.05) is 42.0 Å². The summed E-state index contributed by atoms with van der Waals surface area (Å²) in [6.07, 6.45) is 0. The Morgan fingerprint density at radius 3 is 2.10 bits per heavy atom. The van der Waals surface area contributed by atoms with Gasteiger partial charge >= 0.3 is 7.82 Å². The van der Waals surface area contributed by atoms with E-state index >= 15 is 0 Å². The highest BCUT2D eigenvalue weighted by molar-refractivity contribution is 7.46. The molecule has 2 N–H and O–H groups in total. The molecule has 0 unspecified atom stereocenters. The van der Waals surface area contributed by atoms with Gasteiger partial charge in [0.25, 0.3) is 0 Å². The van der Waals surface area contributed by atoms with Crippen LogP contribution < -0.4 is 4.52 Å². The molecular weight excluding hydrogens is 275 g/mol. The number of benzene rings is 2. The number of rotatable bonds is 3. The average molecular weight is 292 g/mol. The summed E-state index contributed by atoms with van der Waals surface area (Å²) in [6, 6.07) is 11.4. The zero-order valence-corrected chi connectivity index (χ0v) is 12.5. The predicted octanol–water partition coefficient (Wildman–Crippen LogP) is 3.75. The van der Waals surface area contributed by atoms with Crippen LogP contribution in [0.4, 0.5) is 0 Å². The molecule has 20 heavy (non-hydrogen) atoms. The van der Waals surface area contributed by atoms with Gasteiger partial charge in [0.2, 0.25) is 0 Å². The molecule has 0 heterocycles. The monoisotopic (exact) mass is 292 g/mol. The zero-order valence-electron chi connectivity index (χ0n) is 11.6. The number of aryl methyl sites for hydroxylation is 2. The van der Waals surface area contributed by atoms with Gasteiger partial charge in [-0.2, -0.15) is 0 Å². The number of hydrogen-bond acceptors (Lipinski definition) is 2. The third kappa shape index (κ3) is 3.28. The second-order valence-electron chi connectivity index (χ2n) is 4.83. The van der Waals surface area contributed by atoms with Gasteiger partial charge in [-0.05, 0) is 37.5 Å². The lowest BCUT2D eigenvalue weighted by atomic mass is 9.98. The van der Waals surface area contributed by atoms with Crippen LogP contribution in [-0.2, 0) is 4.57 Å². The van der Waals surface area contributed by atoms with Crippen LogP contribution >= 0.6 is 7.82 Å². The summed E-state index contributed by atoms with van der Waals surface area (Å²) in [4.78, 5) is 18.2. The van der Waals surface area contributed by atoms with Crippen molar-refractivity contribution in [3.63, 3.8) is 0 Å². The van der Waals surface area contributed by atoms with Crippen LogP contribution in [0.15, 0.2) is 36.4 Å². The van der Waals surface area contributed by atoms with Gasteiger partial charge in [-0.15, -0.1) is 0 Å². The normalized spacial score (nSPS) is 11.4. The summed E-state index contributed by atoms with van der Waals surface area (Å²) >= 11 is 0. The molecule has 2 aromatic rings. The SMILES string of the molecule is Cc1ccc(-c2ccc(C)c(C)c2OP(=O)(O)O)cc1. The summed E-state index contributed by atoms with van der Waals surface area (Å²) in [6.45, 7) is 5.65. The Bertz CT molecular complexity index is 671. The molecular formula is C15H17O4P. The number of phosphoric acid groups is 1. The molecule has 2 aromatic carbocycles. The first-order chi connectivity index (χ1) is 9.28. The van der Waals surface area contributed by atoms with Gasteiger partial charge in [0, 0.05) is 5.56 Å². The van der Waals surface area contributed by atoms with E-state index < -0.39 is 7.82 Å². The van der Waals surface area contributed by atoms with Crippen LogP contribution in [0, 0.1) is 20.8 Å². The van der Waals surface area contributed by atoms with Crippen molar-refractivity contribution in [2.75, 3.05) is 0 Å². The minimum atomic E-state index is -4.59. The Labute approximate surface area is 118 Å². The first-order valence-corrected chi connectivity index (χ1v) is 7.73. The Morgan fingerprint density at radius 2 is 1.55 bits per heavy atom. The zero-order chi connectivity index (χ0) is 14.9. The smallest absolute Gasteiger partial charge is 0.403 e. The maximum absolute atomic E-state index is 11.2. The van der Waals surface area contributed by atoms with E-state index in [1.165, 1.54) is 0 Å². The van der Waals surface area contributed by atoms with E-state index in [0.717, 1.165) is 22.3 Å². The molecule has 0 fully saturated rings. The van der Waals surface area contributed by atoms with Crippen molar-refractivity contribution in [3.05, 3.63) is 53.1 Å². The van der Waals surface area contributed by atoms with Gasteiger partial charge in [-0.25, -0.2) is 4.57 Å². The largest absolute Gasteiger partial charge is 0.524 e. The van der Waals surface area contributed by atoms with E-state index in [0.29, 0.717) is 5.56 Å². The Hall–Kier alpha value is -1.61. The van der Waals surface area contributed by atoms with Crippen molar-refractivity contribution < 1.29 is 18.9 Å². The summed E-state index contributed by atoms with van der Waals surface area (Å²) in [5, 5.41) is 0. The molecule has 106 valence electrons. The molecule has 0 amide bonds. The van der Waals surface area contributed by atoms with Crippen LogP contribution in [0.5, 0.6) is 5.75 Å². The van der Waals surface area contributed by atoms with Gasteiger partial charge in [0.05, 0.1) is 0 Å². The minimum Gasteiger partial charge on any atom is -0.403 e. The lowest BCUT2D eigenvalue weighted by Gasteiger charge is -2.16. The van der Waals surface area contributed by atoms with E-state index in [-0.39, 0.29) is 5.75 Å². The van der Waals surface area contributed by atoms with E-state index in [9.17, 15) is 4.57 Å². The van der Waals surface area contributed by atoms with Crippen LogP contribution in [0.1, 0.15) is 16.7 Å². The van der Waals surface area contributed by atoms with Crippen molar-refractivity contribution >= 4 is 7.82 Å². The fourth-order valence-electron chi connectivity index (χ4n) is 1.99. The molecule has 0 spiro atoms. The lowest BCUT2D eigenvalue weighted by molar-refractivity contribution is 0.283. The first-order valence-electron chi connectivity index (χ1n) is 6.20. The molecule has 0 bridgehead atoms. The molecule has 2 rings (SSSR count). The second-order valence-corrected chi connectivity index (χ2v) is 6.00. The highest BCUT2D eigenvalue weighted by Crippen LogP contribution is 2.44. The molecule has 4 nitrogen and oxygen atoms in total. The summed E-state index contributed by atoms with van der Waals surface area (Å²) < 4.78 is 16.1. The Morgan fingerprint density at radius 1 is 0.950 bits per heavy atom. The molecule has 0 aliphatic rings. The predicted molar refractivity (Wildman–Crippen MR) is 78.8 cm³/mol. The minimum absolute atomic E-state index is 0.238. The number of hydrogen-bond donors (Lipinski definition) is 2. The Kier molecular flexibility index (Phi) is 4.00. The van der Waals surface area contributed by atoms with Crippen LogP contribution in [-0.4, -0.2) is 9.79 Å². The van der Waals surface area contributed by atoms with Crippen molar-refractivity contribution in [1.82, 2.24) is 0 Å². The first kappa shape index (κ1) is 14.8. The van der Waals surface area contributed by atoms with Crippen molar-refractivity contribution in [2.45, 2.75) is 20.8 Å². The van der Waals surface area contributed by atoms with Crippen LogP contribution in [0.2, 0.25) is 0 Å². The van der Waals surface area contributed by atoms with Gasteiger partial charge in [0.1, 0.15) is 5.75 Å². The molecule has 5 heteroatoms. The van der Waals surface area contributed by atoms with Crippen molar-refractivity contribution in [3.8, 4) is 16.9 Å². The van der Waals surface area contributed by atoms with Gasteiger partial charge < -0.3 is 4.52 Å². The molecule has 0 aromatic heterocycles. The molecule has 0 saturated carbocycles. The summed E-state index contributed by atoms with van der Waals surface area (Å²) in [5.74, 6) is 0.238. The van der Waals surface area contributed by atoms with Crippen LogP contribution in [0.25, 0.3) is 11.1 Å². The van der Waals surface area contributed by atoms with E-state index in [1.807, 2.05) is 50.2 Å². The third-order valence-corrected chi connectivity index (χ3v) is 3.67. The highest BCUT2D eigenvalue weighted by atomic mass is 31.2. The van der Waals surface area contributed by atoms with E-state index in [1.54, 1.807) is 6.92 Å². The lowest BCUT2D eigenvalue weighted by Crippen LogP contribution is -1.97. The third-order valence-electron chi connectivity index (χ3n) is 3.25. The standard InChI is InChI=1S/C15H17O4P/c1-10-4-7-13(8-5-10)14-9-6-11(2)12(3)15(14)19-20(16,17)18/h4-9H,1-3H3,(H2,16,17,18). The maximum Gasteiger partial charge on any atom is 0.524 e. The fourth-order valence-corrected chi connectivity index (χ4v) is 2.46. The van der Waals surface area contributed by atoms with Crippen LogP contribution in [0.3, 0.4) is 0 Å². The molecule has 0 saturated heterocycles. The van der Waals surface area contributed by atoms with Crippen molar-refractivity contribution in [1.29, 1.82) is 0 Å². The second kappa shape index (κ2) is 5.41. The molecule has 0 aliphatic heterocycles. The van der Waals surface area contributed by atoms with E-state index in [2.05, 4.69) is 0 Å². The van der Waals surface area contributed by atoms with Crippen molar-refractivity contribution in [2.24, 2.45) is 0 Å². The maximum atomic E-state index is 11.2. The topological polar surface area (TPSA) is 66.8 Å². The Balaban J connectivity index is 2.60. The molecule has 0 radical (unpaired) electrons. The van der Waals surface area contributed by atoms with E-state index in [4.69, 9.17) is 14.3 Å². The molecule has 0 atom stereocenters. The summed E-state index contributed by atoms with van der Waals surface area (Å²) in [7, 11) is -4.59. The number of phosphoric ester groups is 1. The highest BCUT2D eigenvalue weighted by Gasteiger charge is 2.21. The molecule has 0 aliphatic carbocycles. The van der Waals surface area contributed by atoms with Gasteiger partial charge in [-0.3, -0.25) is 9.79 Å². The summed E-state index contributed by atoms with van der Waals surface area (Å²) in [5.41, 5.74) is 4.31.